The van der Waals surface area contributed by atoms with Crippen molar-refractivity contribution in [2.24, 2.45) is 0 Å². The van der Waals surface area contributed by atoms with Gasteiger partial charge in [0.15, 0.2) is 0 Å². The van der Waals surface area contributed by atoms with Gasteiger partial charge in [-0.2, -0.15) is 0 Å². The number of carbonyl (C=O) groups excluding carboxylic acids is 3. The number of hydrogen-bond donors (Lipinski definition) is 0. The Morgan fingerprint density at radius 3 is 2.49 bits per heavy atom. The summed E-state index contributed by atoms with van der Waals surface area (Å²) in [6, 6.07) is 21.3. The summed E-state index contributed by atoms with van der Waals surface area (Å²) < 4.78 is 18.9. The van der Waals surface area contributed by atoms with Gasteiger partial charge < -0.3 is 14.5 Å². The summed E-state index contributed by atoms with van der Waals surface area (Å²) in [5.41, 5.74) is 5.36. The number of rotatable bonds is 6. The lowest BCUT2D eigenvalue weighted by molar-refractivity contribution is -0.140. The molecule has 6 nitrogen and oxygen atoms in total. The first-order chi connectivity index (χ1) is 18.9. The molecule has 39 heavy (non-hydrogen) atoms. The van der Waals surface area contributed by atoms with Crippen molar-refractivity contribution < 1.29 is 23.5 Å². The van der Waals surface area contributed by atoms with Crippen LogP contribution in [0.3, 0.4) is 0 Å². The van der Waals surface area contributed by atoms with E-state index in [2.05, 4.69) is 12.1 Å². The van der Waals surface area contributed by atoms with Crippen LogP contribution in [0.1, 0.15) is 58.8 Å². The summed E-state index contributed by atoms with van der Waals surface area (Å²) in [5.74, 6) is -1.60. The minimum absolute atomic E-state index is 0.0489. The second-order valence-electron chi connectivity index (χ2n) is 9.95. The molecule has 0 saturated heterocycles. The third-order valence-electron chi connectivity index (χ3n) is 7.52. The number of allylic oxidation sites excluding steroid dienone is 1. The molecule has 1 atom stereocenters. The zero-order chi connectivity index (χ0) is 27.5. The van der Waals surface area contributed by atoms with Crippen molar-refractivity contribution in [3.8, 4) is 0 Å². The standard InChI is InChI=1S/C32H31FN2O4/c1-3-39-32(38)30-21(2)35(29(36)18-28(30)24-11-13-27(33)14-12-24)19-22-7-6-10-25(17-22)31(37)34-16-15-23-8-4-5-9-26(23)20-34/h4-14,17,28H,3,15-16,18-20H2,1-2H3. The topological polar surface area (TPSA) is 66.9 Å². The number of carbonyl (C=O) groups is 3. The van der Waals surface area contributed by atoms with Crippen LogP contribution in [0.15, 0.2) is 84.1 Å². The lowest BCUT2D eigenvalue weighted by atomic mass is 9.83. The van der Waals surface area contributed by atoms with E-state index in [0.717, 1.165) is 17.5 Å². The van der Waals surface area contributed by atoms with Gasteiger partial charge in [0, 0.05) is 36.7 Å². The third-order valence-corrected chi connectivity index (χ3v) is 7.52. The number of esters is 1. The Bertz CT molecular complexity index is 1450. The fraction of sp³-hybridized carbons (Fsp3) is 0.281. The molecule has 0 spiro atoms. The molecule has 1 unspecified atom stereocenters. The van der Waals surface area contributed by atoms with Gasteiger partial charge >= 0.3 is 5.97 Å². The van der Waals surface area contributed by atoms with Gasteiger partial charge in [-0.25, -0.2) is 9.18 Å². The number of halogens is 1. The van der Waals surface area contributed by atoms with Crippen LogP contribution in [0.2, 0.25) is 0 Å². The van der Waals surface area contributed by atoms with Crippen molar-refractivity contribution >= 4 is 17.8 Å². The van der Waals surface area contributed by atoms with E-state index in [9.17, 15) is 18.8 Å². The highest BCUT2D eigenvalue weighted by molar-refractivity contribution is 5.96. The van der Waals surface area contributed by atoms with E-state index in [1.165, 1.54) is 17.7 Å². The van der Waals surface area contributed by atoms with E-state index in [4.69, 9.17) is 4.74 Å². The number of fused-ring (bicyclic) bond motifs is 1. The normalized spacial score (nSPS) is 17.2. The van der Waals surface area contributed by atoms with Crippen LogP contribution >= 0.6 is 0 Å². The molecule has 3 aromatic carbocycles. The maximum atomic E-state index is 13.6. The molecule has 2 aliphatic rings. The predicted octanol–water partition coefficient (Wildman–Crippen LogP) is 5.38. The average molecular weight is 527 g/mol. The highest BCUT2D eigenvalue weighted by Gasteiger charge is 2.37. The summed E-state index contributed by atoms with van der Waals surface area (Å²) in [5, 5.41) is 0. The summed E-state index contributed by atoms with van der Waals surface area (Å²) in [7, 11) is 0. The van der Waals surface area contributed by atoms with Crippen molar-refractivity contribution in [1.29, 1.82) is 0 Å². The highest BCUT2D eigenvalue weighted by atomic mass is 19.1. The van der Waals surface area contributed by atoms with Crippen LogP contribution < -0.4 is 0 Å². The SMILES string of the molecule is CCOC(=O)C1=C(C)N(Cc2cccc(C(=O)N3CCc4ccccc4C3)c2)C(=O)CC1c1ccc(F)cc1. The number of amides is 2. The Balaban J connectivity index is 1.40. The molecule has 0 bridgehead atoms. The number of hydrogen-bond acceptors (Lipinski definition) is 4. The molecular weight excluding hydrogens is 495 g/mol. The Labute approximate surface area is 227 Å². The van der Waals surface area contributed by atoms with Crippen LogP contribution in [0, 0.1) is 5.82 Å². The molecule has 2 heterocycles. The van der Waals surface area contributed by atoms with Crippen molar-refractivity contribution in [2.75, 3.05) is 13.2 Å². The zero-order valence-corrected chi connectivity index (χ0v) is 22.2. The van der Waals surface area contributed by atoms with Crippen LogP contribution in [0.4, 0.5) is 4.39 Å². The van der Waals surface area contributed by atoms with E-state index >= 15 is 0 Å². The fourth-order valence-electron chi connectivity index (χ4n) is 5.49. The molecule has 0 radical (unpaired) electrons. The van der Waals surface area contributed by atoms with E-state index in [-0.39, 0.29) is 37.2 Å². The van der Waals surface area contributed by atoms with Gasteiger partial charge in [0.2, 0.25) is 5.91 Å². The summed E-state index contributed by atoms with van der Waals surface area (Å²) in [6.07, 6.45) is 0.878. The molecule has 5 rings (SSSR count). The van der Waals surface area contributed by atoms with Gasteiger partial charge in [0.1, 0.15) is 5.82 Å². The summed E-state index contributed by atoms with van der Waals surface area (Å²) in [4.78, 5) is 43.2. The zero-order valence-electron chi connectivity index (χ0n) is 22.2. The van der Waals surface area contributed by atoms with Gasteiger partial charge in [-0.15, -0.1) is 0 Å². The maximum Gasteiger partial charge on any atom is 0.336 e. The molecule has 2 aliphatic heterocycles. The minimum Gasteiger partial charge on any atom is -0.463 e. The van der Waals surface area contributed by atoms with E-state index in [1.807, 2.05) is 35.2 Å². The molecule has 200 valence electrons. The maximum absolute atomic E-state index is 13.6. The molecule has 0 aliphatic carbocycles. The molecule has 0 saturated carbocycles. The van der Waals surface area contributed by atoms with E-state index in [0.29, 0.717) is 35.5 Å². The number of ether oxygens (including phenoxy) is 1. The molecule has 7 heteroatoms. The Morgan fingerprint density at radius 1 is 1.00 bits per heavy atom. The minimum atomic E-state index is -0.525. The van der Waals surface area contributed by atoms with Gasteiger partial charge in [0.05, 0.1) is 18.7 Å². The molecule has 2 amide bonds. The van der Waals surface area contributed by atoms with E-state index < -0.39 is 11.9 Å². The fourth-order valence-corrected chi connectivity index (χ4v) is 5.49. The largest absolute Gasteiger partial charge is 0.463 e. The number of benzene rings is 3. The Hall–Kier alpha value is -4.26. The molecule has 3 aromatic rings. The van der Waals surface area contributed by atoms with E-state index in [1.54, 1.807) is 36.9 Å². The second-order valence-corrected chi connectivity index (χ2v) is 9.95. The van der Waals surface area contributed by atoms with Crippen molar-refractivity contribution in [3.05, 3.63) is 118 Å². The van der Waals surface area contributed by atoms with Crippen LogP contribution in [-0.4, -0.2) is 40.7 Å². The summed E-state index contributed by atoms with van der Waals surface area (Å²) >= 11 is 0. The van der Waals surface area contributed by atoms with Gasteiger partial charge in [0.25, 0.3) is 5.91 Å². The molecule has 0 aromatic heterocycles. The summed E-state index contributed by atoms with van der Waals surface area (Å²) in [6.45, 7) is 5.11. The van der Waals surface area contributed by atoms with Crippen LogP contribution in [0.25, 0.3) is 0 Å². The first-order valence-corrected chi connectivity index (χ1v) is 13.2. The number of nitrogens with zero attached hydrogens (tertiary/aromatic N) is 2. The lowest BCUT2D eigenvalue weighted by Crippen LogP contribution is -2.38. The average Bonchev–Trinajstić information content (AvgIpc) is 2.95. The lowest BCUT2D eigenvalue weighted by Gasteiger charge is -2.34. The first kappa shape index (κ1) is 26.4. The van der Waals surface area contributed by atoms with Crippen molar-refractivity contribution in [1.82, 2.24) is 9.80 Å². The third kappa shape index (κ3) is 5.48. The Morgan fingerprint density at radius 2 is 1.74 bits per heavy atom. The Kier molecular flexibility index (Phi) is 7.59. The molecular formula is C32H31FN2O4. The van der Waals surface area contributed by atoms with Crippen LogP contribution in [0.5, 0.6) is 0 Å². The van der Waals surface area contributed by atoms with Gasteiger partial charge in [-0.3, -0.25) is 9.59 Å². The first-order valence-electron chi connectivity index (χ1n) is 13.2. The smallest absolute Gasteiger partial charge is 0.336 e. The monoisotopic (exact) mass is 526 g/mol. The molecule has 0 N–H and O–H groups in total. The molecule has 0 fully saturated rings. The van der Waals surface area contributed by atoms with Gasteiger partial charge in [-0.05, 0) is 66.8 Å². The predicted molar refractivity (Wildman–Crippen MR) is 145 cm³/mol. The highest BCUT2D eigenvalue weighted by Crippen LogP contribution is 2.38. The van der Waals surface area contributed by atoms with Crippen molar-refractivity contribution in [3.63, 3.8) is 0 Å². The van der Waals surface area contributed by atoms with Crippen LogP contribution in [-0.2, 0) is 33.8 Å². The van der Waals surface area contributed by atoms with Gasteiger partial charge in [-0.1, -0.05) is 48.5 Å². The second kappa shape index (κ2) is 11.2. The van der Waals surface area contributed by atoms with Crippen molar-refractivity contribution in [2.45, 2.75) is 45.7 Å². The quantitative estimate of drug-likeness (QED) is 0.405.